The standard InChI is InChI=1S/C16H27NO2/c1-5-16(4,11-18)17-10-15(19)14-8-6-13(7-9-14)12(2)3/h6-9,12,15,17-19H,5,10-11H2,1-4H3. The number of hydrogen-bond acceptors (Lipinski definition) is 3. The van der Waals surface area contributed by atoms with Crippen molar-refractivity contribution >= 4 is 0 Å². The Morgan fingerprint density at radius 2 is 1.68 bits per heavy atom. The Hall–Kier alpha value is -0.900. The van der Waals surface area contributed by atoms with Gasteiger partial charge >= 0.3 is 0 Å². The third kappa shape index (κ3) is 4.60. The molecular weight excluding hydrogens is 238 g/mol. The van der Waals surface area contributed by atoms with Crippen LogP contribution in [-0.2, 0) is 0 Å². The maximum Gasteiger partial charge on any atom is 0.0914 e. The molecule has 1 rings (SSSR count). The van der Waals surface area contributed by atoms with Gasteiger partial charge in [0.2, 0.25) is 0 Å². The fourth-order valence-corrected chi connectivity index (χ4v) is 1.86. The van der Waals surface area contributed by atoms with Gasteiger partial charge in [0.25, 0.3) is 0 Å². The third-order valence-electron chi connectivity index (χ3n) is 3.84. The van der Waals surface area contributed by atoms with Gasteiger partial charge in [0.15, 0.2) is 0 Å². The summed E-state index contributed by atoms with van der Waals surface area (Å²) >= 11 is 0. The molecule has 1 aromatic carbocycles. The summed E-state index contributed by atoms with van der Waals surface area (Å²) < 4.78 is 0. The second kappa shape index (κ2) is 7.04. The molecular formula is C16H27NO2. The van der Waals surface area contributed by atoms with Crippen LogP contribution in [0.2, 0.25) is 0 Å². The fraction of sp³-hybridized carbons (Fsp3) is 0.625. The summed E-state index contributed by atoms with van der Waals surface area (Å²) in [6.07, 6.45) is 0.279. The van der Waals surface area contributed by atoms with E-state index in [0.717, 1.165) is 12.0 Å². The highest BCUT2D eigenvalue weighted by Gasteiger charge is 2.21. The van der Waals surface area contributed by atoms with Gasteiger partial charge in [0, 0.05) is 12.1 Å². The van der Waals surface area contributed by atoms with Gasteiger partial charge in [0.1, 0.15) is 0 Å². The fourth-order valence-electron chi connectivity index (χ4n) is 1.86. The van der Waals surface area contributed by atoms with Crippen LogP contribution in [0.3, 0.4) is 0 Å². The summed E-state index contributed by atoms with van der Waals surface area (Å²) in [4.78, 5) is 0. The molecule has 108 valence electrons. The molecule has 0 amide bonds. The zero-order chi connectivity index (χ0) is 14.5. The molecule has 19 heavy (non-hydrogen) atoms. The maximum absolute atomic E-state index is 10.2. The van der Waals surface area contributed by atoms with Crippen molar-refractivity contribution in [1.29, 1.82) is 0 Å². The first-order valence-electron chi connectivity index (χ1n) is 7.05. The molecule has 2 unspecified atom stereocenters. The number of rotatable bonds is 7. The maximum atomic E-state index is 10.2. The molecule has 0 saturated carbocycles. The van der Waals surface area contributed by atoms with Crippen LogP contribution in [0.1, 0.15) is 57.3 Å². The minimum Gasteiger partial charge on any atom is -0.394 e. The van der Waals surface area contributed by atoms with E-state index in [-0.39, 0.29) is 12.1 Å². The summed E-state index contributed by atoms with van der Waals surface area (Å²) in [7, 11) is 0. The number of nitrogens with one attached hydrogen (secondary N) is 1. The van der Waals surface area contributed by atoms with E-state index in [2.05, 4.69) is 31.3 Å². The molecule has 0 spiro atoms. The molecule has 3 N–H and O–H groups in total. The highest BCUT2D eigenvalue weighted by molar-refractivity contribution is 5.26. The van der Waals surface area contributed by atoms with Crippen molar-refractivity contribution < 1.29 is 10.2 Å². The Labute approximate surface area is 116 Å². The van der Waals surface area contributed by atoms with Gasteiger partial charge in [-0.25, -0.2) is 0 Å². The van der Waals surface area contributed by atoms with E-state index in [1.165, 1.54) is 5.56 Å². The van der Waals surface area contributed by atoms with Crippen molar-refractivity contribution in [2.24, 2.45) is 0 Å². The van der Waals surface area contributed by atoms with Gasteiger partial charge in [0.05, 0.1) is 12.7 Å². The van der Waals surface area contributed by atoms with Crippen LogP contribution >= 0.6 is 0 Å². The second-order valence-electron chi connectivity index (χ2n) is 5.79. The monoisotopic (exact) mass is 265 g/mol. The Kier molecular flexibility index (Phi) is 5.98. The lowest BCUT2D eigenvalue weighted by Gasteiger charge is -2.28. The molecule has 3 nitrogen and oxygen atoms in total. The van der Waals surface area contributed by atoms with Crippen LogP contribution in [0.15, 0.2) is 24.3 Å². The van der Waals surface area contributed by atoms with E-state index in [9.17, 15) is 10.2 Å². The number of β-amino-alcohol motifs (C(OH)–C–C–N with tert-alkyl or cyclic N) is 1. The molecule has 0 aromatic heterocycles. The van der Waals surface area contributed by atoms with Crippen molar-refractivity contribution in [3.05, 3.63) is 35.4 Å². The minimum absolute atomic E-state index is 0.0719. The second-order valence-corrected chi connectivity index (χ2v) is 5.79. The Morgan fingerprint density at radius 1 is 1.16 bits per heavy atom. The molecule has 0 saturated heterocycles. The topological polar surface area (TPSA) is 52.5 Å². The summed E-state index contributed by atoms with van der Waals surface area (Å²) in [5.41, 5.74) is 1.87. The molecule has 0 bridgehead atoms. The molecule has 0 fully saturated rings. The first kappa shape index (κ1) is 16.2. The van der Waals surface area contributed by atoms with E-state index in [1.807, 2.05) is 26.0 Å². The summed E-state index contributed by atoms with van der Waals surface area (Å²) in [6, 6.07) is 8.08. The Balaban J connectivity index is 2.60. The molecule has 0 aliphatic rings. The number of hydrogen-bond donors (Lipinski definition) is 3. The lowest BCUT2D eigenvalue weighted by atomic mass is 9.98. The van der Waals surface area contributed by atoms with E-state index >= 15 is 0 Å². The van der Waals surface area contributed by atoms with Gasteiger partial charge in [-0.05, 0) is 30.4 Å². The van der Waals surface area contributed by atoms with Gasteiger partial charge in [-0.15, -0.1) is 0 Å². The molecule has 0 heterocycles. The summed E-state index contributed by atoms with van der Waals surface area (Å²) in [6.45, 7) is 8.81. The van der Waals surface area contributed by atoms with Crippen LogP contribution in [0.4, 0.5) is 0 Å². The Bertz CT molecular complexity index is 369. The average molecular weight is 265 g/mol. The van der Waals surface area contributed by atoms with Gasteiger partial charge in [-0.2, -0.15) is 0 Å². The van der Waals surface area contributed by atoms with E-state index in [4.69, 9.17) is 0 Å². The molecule has 2 atom stereocenters. The van der Waals surface area contributed by atoms with E-state index in [1.54, 1.807) is 0 Å². The largest absolute Gasteiger partial charge is 0.394 e. The zero-order valence-electron chi connectivity index (χ0n) is 12.5. The number of aliphatic hydroxyl groups excluding tert-OH is 2. The van der Waals surface area contributed by atoms with Crippen LogP contribution in [0, 0.1) is 0 Å². The average Bonchev–Trinajstić information content (AvgIpc) is 2.44. The first-order chi connectivity index (χ1) is 8.91. The van der Waals surface area contributed by atoms with Crippen LogP contribution < -0.4 is 5.32 Å². The van der Waals surface area contributed by atoms with E-state index in [0.29, 0.717) is 12.5 Å². The lowest BCUT2D eigenvalue weighted by Crippen LogP contribution is -2.46. The highest BCUT2D eigenvalue weighted by Crippen LogP contribution is 2.19. The molecule has 0 aliphatic heterocycles. The predicted octanol–water partition coefficient (Wildman–Crippen LogP) is 2.59. The third-order valence-corrected chi connectivity index (χ3v) is 3.84. The summed E-state index contributed by atoms with van der Waals surface area (Å²) in [5.74, 6) is 0.502. The highest BCUT2D eigenvalue weighted by atomic mass is 16.3. The molecule has 1 aromatic rings. The van der Waals surface area contributed by atoms with E-state index < -0.39 is 6.10 Å². The van der Waals surface area contributed by atoms with Crippen LogP contribution in [0.25, 0.3) is 0 Å². The van der Waals surface area contributed by atoms with Crippen molar-refractivity contribution in [2.75, 3.05) is 13.2 Å². The van der Waals surface area contributed by atoms with Gasteiger partial charge in [-0.1, -0.05) is 45.0 Å². The van der Waals surface area contributed by atoms with Crippen LogP contribution in [-0.4, -0.2) is 28.9 Å². The van der Waals surface area contributed by atoms with Crippen molar-refractivity contribution in [3.8, 4) is 0 Å². The van der Waals surface area contributed by atoms with Gasteiger partial charge < -0.3 is 15.5 Å². The molecule has 3 heteroatoms. The smallest absolute Gasteiger partial charge is 0.0914 e. The summed E-state index contributed by atoms with van der Waals surface area (Å²) in [5, 5.41) is 22.7. The first-order valence-corrected chi connectivity index (χ1v) is 7.05. The normalized spacial score (nSPS) is 16.4. The number of benzene rings is 1. The SMILES string of the molecule is CCC(C)(CO)NCC(O)c1ccc(C(C)C)cc1. The predicted molar refractivity (Wildman–Crippen MR) is 79.3 cm³/mol. The quantitative estimate of drug-likeness (QED) is 0.710. The van der Waals surface area contributed by atoms with Crippen molar-refractivity contribution in [2.45, 2.75) is 51.7 Å². The van der Waals surface area contributed by atoms with Crippen molar-refractivity contribution in [1.82, 2.24) is 5.32 Å². The number of aliphatic hydroxyl groups is 2. The van der Waals surface area contributed by atoms with Gasteiger partial charge in [-0.3, -0.25) is 0 Å². The Morgan fingerprint density at radius 3 is 2.11 bits per heavy atom. The zero-order valence-corrected chi connectivity index (χ0v) is 12.5. The molecule has 0 radical (unpaired) electrons. The van der Waals surface area contributed by atoms with Crippen molar-refractivity contribution in [3.63, 3.8) is 0 Å². The molecule has 0 aliphatic carbocycles. The minimum atomic E-state index is -0.543. The van der Waals surface area contributed by atoms with Crippen LogP contribution in [0.5, 0.6) is 0 Å². The lowest BCUT2D eigenvalue weighted by molar-refractivity contribution is 0.126.